The minimum Gasteiger partial charge on any atom is -0.481 e. The van der Waals surface area contributed by atoms with E-state index in [0.717, 1.165) is 25.6 Å². The van der Waals surface area contributed by atoms with Crippen molar-refractivity contribution in [2.75, 3.05) is 26.2 Å². The van der Waals surface area contributed by atoms with E-state index in [2.05, 4.69) is 24.1 Å². The highest BCUT2D eigenvalue weighted by atomic mass is 16.4. The summed E-state index contributed by atoms with van der Waals surface area (Å²) in [6.45, 7) is 8.80. The number of hydrogen-bond donors (Lipinski definition) is 2. The van der Waals surface area contributed by atoms with Gasteiger partial charge in [0.15, 0.2) is 0 Å². The van der Waals surface area contributed by atoms with Crippen molar-refractivity contribution in [3.05, 3.63) is 0 Å². The summed E-state index contributed by atoms with van der Waals surface area (Å²) in [5.74, 6) is 0.0313. The van der Waals surface area contributed by atoms with Crippen molar-refractivity contribution in [1.29, 1.82) is 0 Å². The third kappa shape index (κ3) is 3.69. The summed E-state index contributed by atoms with van der Waals surface area (Å²) in [6, 6.07) is 0.769. The summed E-state index contributed by atoms with van der Waals surface area (Å²) < 4.78 is 0. The third-order valence-corrected chi connectivity index (χ3v) is 4.28. The van der Waals surface area contributed by atoms with Crippen LogP contribution >= 0.6 is 0 Å². The molecule has 0 radical (unpaired) electrons. The molecular weight excluding hydrogens is 228 g/mol. The summed E-state index contributed by atoms with van der Waals surface area (Å²) in [6.07, 6.45) is 3.87. The molecule has 4 nitrogen and oxygen atoms in total. The zero-order valence-corrected chi connectivity index (χ0v) is 11.6. The molecule has 0 aromatic rings. The number of nitrogens with one attached hydrogen (secondary N) is 1. The normalized spacial score (nSPS) is 23.9. The van der Waals surface area contributed by atoms with Crippen molar-refractivity contribution in [2.24, 2.45) is 11.3 Å². The van der Waals surface area contributed by atoms with Gasteiger partial charge in [0.05, 0.1) is 6.42 Å². The van der Waals surface area contributed by atoms with E-state index in [9.17, 15) is 4.79 Å². The molecule has 2 fully saturated rings. The van der Waals surface area contributed by atoms with Crippen molar-refractivity contribution in [3.63, 3.8) is 0 Å². The van der Waals surface area contributed by atoms with Gasteiger partial charge in [-0.2, -0.15) is 0 Å². The molecule has 18 heavy (non-hydrogen) atoms. The van der Waals surface area contributed by atoms with Crippen LogP contribution in [0.2, 0.25) is 0 Å². The predicted molar refractivity (Wildman–Crippen MR) is 71.6 cm³/mol. The standard InChI is InChI=1S/C14H26N2O2/c1-14(2,8-13(17)18)7-11-9-16(10-11)12-3-5-15-6-4-12/h11-12,15H,3-10H2,1-2H3,(H,17,18). The van der Waals surface area contributed by atoms with E-state index in [0.29, 0.717) is 5.92 Å². The number of likely N-dealkylation sites (tertiary alicyclic amines) is 1. The Morgan fingerprint density at radius 1 is 1.33 bits per heavy atom. The second kappa shape index (κ2) is 5.57. The van der Waals surface area contributed by atoms with Crippen molar-refractivity contribution in [3.8, 4) is 0 Å². The van der Waals surface area contributed by atoms with Gasteiger partial charge in [-0.1, -0.05) is 13.8 Å². The van der Waals surface area contributed by atoms with Crippen molar-refractivity contribution in [2.45, 2.75) is 45.6 Å². The Morgan fingerprint density at radius 2 is 1.94 bits per heavy atom. The lowest BCUT2D eigenvalue weighted by molar-refractivity contribution is -0.139. The van der Waals surface area contributed by atoms with Gasteiger partial charge in [0.1, 0.15) is 0 Å². The van der Waals surface area contributed by atoms with Gasteiger partial charge >= 0.3 is 5.97 Å². The lowest BCUT2D eigenvalue weighted by Crippen LogP contribution is -2.55. The average Bonchev–Trinajstić information content (AvgIpc) is 2.22. The van der Waals surface area contributed by atoms with E-state index in [4.69, 9.17) is 5.11 Å². The summed E-state index contributed by atoms with van der Waals surface area (Å²) in [7, 11) is 0. The topological polar surface area (TPSA) is 52.6 Å². The highest BCUT2D eigenvalue weighted by Gasteiger charge is 2.36. The van der Waals surface area contributed by atoms with E-state index in [1.807, 2.05) is 0 Å². The van der Waals surface area contributed by atoms with Gasteiger partial charge in [-0.25, -0.2) is 0 Å². The van der Waals surface area contributed by atoms with Crippen molar-refractivity contribution < 1.29 is 9.90 Å². The van der Waals surface area contributed by atoms with E-state index in [1.165, 1.54) is 25.9 Å². The van der Waals surface area contributed by atoms with Gasteiger partial charge in [0.25, 0.3) is 0 Å². The van der Waals surface area contributed by atoms with E-state index in [-0.39, 0.29) is 11.8 Å². The first-order valence-corrected chi connectivity index (χ1v) is 7.13. The number of nitrogens with zero attached hydrogens (tertiary/aromatic N) is 1. The summed E-state index contributed by atoms with van der Waals surface area (Å²) in [5, 5.41) is 12.3. The van der Waals surface area contributed by atoms with Crippen LogP contribution in [0.4, 0.5) is 0 Å². The first-order chi connectivity index (χ1) is 8.46. The predicted octanol–water partition coefficient (Wildman–Crippen LogP) is 1.56. The number of hydrogen-bond acceptors (Lipinski definition) is 3. The molecule has 2 aliphatic heterocycles. The quantitative estimate of drug-likeness (QED) is 0.782. The van der Waals surface area contributed by atoms with Gasteiger partial charge in [-0.3, -0.25) is 9.69 Å². The highest BCUT2D eigenvalue weighted by molar-refractivity contribution is 5.67. The van der Waals surface area contributed by atoms with Crippen LogP contribution in [0, 0.1) is 11.3 Å². The second-order valence-electron chi connectivity index (χ2n) is 6.74. The lowest BCUT2D eigenvalue weighted by Gasteiger charge is -2.47. The molecule has 0 spiro atoms. The zero-order chi connectivity index (χ0) is 13.2. The SMILES string of the molecule is CC(C)(CC(=O)O)CC1CN(C2CCNCC2)C1. The number of carboxylic acid groups (broad SMARTS) is 1. The van der Waals surface area contributed by atoms with Crippen LogP contribution < -0.4 is 5.32 Å². The Balaban J connectivity index is 1.70. The number of carboxylic acids is 1. The largest absolute Gasteiger partial charge is 0.481 e. The maximum atomic E-state index is 10.8. The fourth-order valence-electron chi connectivity index (χ4n) is 3.47. The molecular formula is C14H26N2O2. The molecule has 0 atom stereocenters. The summed E-state index contributed by atoms with van der Waals surface area (Å²) in [4.78, 5) is 13.4. The van der Waals surface area contributed by atoms with Crippen molar-refractivity contribution in [1.82, 2.24) is 10.2 Å². The fourth-order valence-corrected chi connectivity index (χ4v) is 3.47. The van der Waals surface area contributed by atoms with E-state index < -0.39 is 5.97 Å². The van der Waals surface area contributed by atoms with Crippen LogP contribution in [0.5, 0.6) is 0 Å². The maximum absolute atomic E-state index is 10.8. The molecule has 104 valence electrons. The Bertz CT molecular complexity index is 292. The first kappa shape index (κ1) is 13.8. The molecule has 0 aliphatic carbocycles. The molecule has 0 aromatic heterocycles. The zero-order valence-electron chi connectivity index (χ0n) is 11.6. The Kier molecular flexibility index (Phi) is 4.28. The smallest absolute Gasteiger partial charge is 0.303 e. The lowest BCUT2D eigenvalue weighted by atomic mass is 9.77. The maximum Gasteiger partial charge on any atom is 0.303 e. The summed E-state index contributed by atoms with van der Waals surface area (Å²) in [5.41, 5.74) is -0.0588. The molecule has 0 unspecified atom stereocenters. The molecule has 4 heteroatoms. The Labute approximate surface area is 110 Å². The number of piperidine rings is 1. The number of rotatable bonds is 5. The van der Waals surface area contributed by atoms with Crippen LogP contribution in [0.25, 0.3) is 0 Å². The van der Waals surface area contributed by atoms with Gasteiger partial charge < -0.3 is 10.4 Å². The first-order valence-electron chi connectivity index (χ1n) is 7.13. The van der Waals surface area contributed by atoms with Gasteiger partial charge in [-0.15, -0.1) is 0 Å². The molecule has 2 N–H and O–H groups in total. The van der Waals surface area contributed by atoms with Crippen LogP contribution in [-0.4, -0.2) is 48.2 Å². The molecule has 0 amide bonds. The molecule has 0 bridgehead atoms. The Morgan fingerprint density at radius 3 is 2.50 bits per heavy atom. The minimum atomic E-state index is -0.672. The van der Waals surface area contributed by atoms with Gasteiger partial charge in [-0.05, 0) is 43.7 Å². The number of aliphatic carboxylic acids is 1. The molecule has 2 rings (SSSR count). The highest BCUT2D eigenvalue weighted by Crippen LogP contribution is 2.35. The fraction of sp³-hybridized carbons (Fsp3) is 0.929. The molecule has 2 aliphatic rings. The van der Waals surface area contributed by atoms with Gasteiger partial charge in [0, 0.05) is 19.1 Å². The molecule has 2 heterocycles. The summed E-state index contributed by atoms with van der Waals surface area (Å²) >= 11 is 0. The van der Waals surface area contributed by atoms with E-state index in [1.54, 1.807) is 0 Å². The number of carbonyl (C=O) groups is 1. The van der Waals surface area contributed by atoms with Crippen LogP contribution in [0.3, 0.4) is 0 Å². The average molecular weight is 254 g/mol. The van der Waals surface area contributed by atoms with Crippen molar-refractivity contribution >= 4 is 5.97 Å². The van der Waals surface area contributed by atoms with Crippen LogP contribution in [0.15, 0.2) is 0 Å². The molecule has 0 aromatic carbocycles. The van der Waals surface area contributed by atoms with Gasteiger partial charge in [0.2, 0.25) is 0 Å². The molecule has 0 saturated carbocycles. The van der Waals surface area contributed by atoms with Crippen LogP contribution in [-0.2, 0) is 4.79 Å². The molecule has 2 saturated heterocycles. The van der Waals surface area contributed by atoms with Crippen LogP contribution in [0.1, 0.15) is 39.5 Å². The van der Waals surface area contributed by atoms with E-state index >= 15 is 0 Å². The minimum absolute atomic E-state index is 0.0588. The Hall–Kier alpha value is -0.610. The second-order valence-corrected chi connectivity index (χ2v) is 6.74. The monoisotopic (exact) mass is 254 g/mol. The third-order valence-electron chi connectivity index (χ3n) is 4.28.